The molecule has 5 heteroatoms. The summed E-state index contributed by atoms with van der Waals surface area (Å²) in [4.78, 5) is 16.5. The van der Waals surface area contributed by atoms with Crippen LogP contribution >= 0.6 is 0 Å². The molecule has 0 radical (unpaired) electrons. The number of nitrogens with zero attached hydrogens (tertiary/aromatic N) is 1. The van der Waals surface area contributed by atoms with Crippen molar-refractivity contribution in [2.45, 2.75) is 6.92 Å². The molecule has 0 amide bonds. The Morgan fingerprint density at radius 3 is 2.65 bits per heavy atom. The maximum atomic E-state index is 12.2. The smallest absolute Gasteiger partial charge is 0.363 e. The molecule has 26 heavy (non-hydrogen) atoms. The van der Waals surface area contributed by atoms with Gasteiger partial charge in [0.2, 0.25) is 5.90 Å². The Kier molecular flexibility index (Phi) is 5.17. The summed E-state index contributed by atoms with van der Waals surface area (Å²) in [5.74, 6) is 0.882. The Labute approximate surface area is 152 Å². The second-order valence-electron chi connectivity index (χ2n) is 5.83. The van der Waals surface area contributed by atoms with E-state index in [1.807, 2.05) is 49.4 Å². The molecular formula is C21H19NO4. The molecule has 0 bridgehead atoms. The summed E-state index contributed by atoms with van der Waals surface area (Å²) in [6, 6.07) is 14.7. The van der Waals surface area contributed by atoms with E-state index in [1.165, 1.54) is 0 Å². The standard InChI is InChI=1S/C21H19NO4/c1-14(2)13-25-19-16(10-7-11-18(19)24-3)12-17-21(23)26-20(22-17)15-8-5-4-6-9-15/h4-12H,1,13H2,2-3H3/b17-12-. The van der Waals surface area contributed by atoms with Crippen molar-refractivity contribution in [3.8, 4) is 11.5 Å². The molecule has 1 heterocycles. The van der Waals surface area contributed by atoms with Crippen LogP contribution in [-0.2, 0) is 9.53 Å². The average molecular weight is 349 g/mol. The molecular weight excluding hydrogens is 330 g/mol. The lowest BCUT2D eigenvalue weighted by molar-refractivity contribution is -0.129. The fourth-order valence-electron chi connectivity index (χ4n) is 2.42. The van der Waals surface area contributed by atoms with Gasteiger partial charge in [0.1, 0.15) is 6.61 Å². The zero-order valence-electron chi connectivity index (χ0n) is 14.7. The highest BCUT2D eigenvalue weighted by molar-refractivity contribution is 6.12. The zero-order valence-corrected chi connectivity index (χ0v) is 14.7. The van der Waals surface area contributed by atoms with Gasteiger partial charge in [0.05, 0.1) is 7.11 Å². The minimum atomic E-state index is -0.502. The number of cyclic esters (lactones) is 1. The topological polar surface area (TPSA) is 57.1 Å². The normalized spacial score (nSPS) is 14.8. The largest absolute Gasteiger partial charge is 0.493 e. The third kappa shape index (κ3) is 3.83. The summed E-state index contributed by atoms with van der Waals surface area (Å²) < 4.78 is 16.5. The predicted octanol–water partition coefficient (Wildman–Crippen LogP) is 3.99. The van der Waals surface area contributed by atoms with Crippen LogP contribution in [0.25, 0.3) is 6.08 Å². The Balaban J connectivity index is 1.97. The van der Waals surface area contributed by atoms with Crippen molar-refractivity contribution in [3.05, 3.63) is 77.5 Å². The number of para-hydroxylation sites is 1. The van der Waals surface area contributed by atoms with Crippen LogP contribution < -0.4 is 9.47 Å². The maximum absolute atomic E-state index is 12.2. The summed E-state index contributed by atoms with van der Waals surface area (Å²) in [6.45, 7) is 6.06. The number of carbonyl (C=O) groups is 1. The summed E-state index contributed by atoms with van der Waals surface area (Å²) in [6.07, 6.45) is 1.63. The van der Waals surface area contributed by atoms with Crippen molar-refractivity contribution in [1.29, 1.82) is 0 Å². The number of rotatable bonds is 6. The number of hydrogen-bond acceptors (Lipinski definition) is 5. The van der Waals surface area contributed by atoms with Gasteiger partial charge in [-0.1, -0.05) is 36.9 Å². The minimum absolute atomic E-state index is 0.206. The van der Waals surface area contributed by atoms with Crippen molar-refractivity contribution in [1.82, 2.24) is 0 Å². The molecule has 0 aromatic heterocycles. The summed E-state index contributed by atoms with van der Waals surface area (Å²) in [5.41, 5.74) is 2.50. The predicted molar refractivity (Wildman–Crippen MR) is 100 cm³/mol. The van der Waals surface area contributed by atoms with Gasteiger partial charge in [0, 0.05) is 11.1 Å². The lowest BCUT2D eigenvalue weighted by Crippen LogP contribution is -2.05. The van der Waals surface area contributed by atoms with Crippen molar-refractivity contribution in [3.63, 3.8) is 0 Å². The Morgan fingerprint density at radius 2 is 1.96 bits per heavy atom. The first-order chi connectivity index (χ1) is 12.6. The molecule has 3 rings (SSSR count). The van der Waals surface area contributed by atoms with Crippen molar-refractivity contribution < 1.29 is 19.0 Å². The van der Waals surface area contributed by atoms with E-state index in [-0.39, 0.29) is 11.6 Å². The van der Waals surface area contributed by atoms with Gasteiger partial charge in [-0.15, -0.1) is 0 Å². The molecule has 5 nitrogen and oxygen atoms in total. The van der Waals surface area contributed by atoms with Crippen LogP contribution in [0.2, 0.25) is 0 Å². The highest BCUT2D eigenvalue weighted by atomic mass is 16.6. The third-order valence-electron chi connectivity index (χ3n) is 3.63. The molecule has 0 spiro atoms. The van der Waals surface area contributed by atoms with Gasteiger partial charge in [-0.2, -0.15) is 0 Å². The number of benzene rings is 2. The van der Waals surface area contributed by atoms with Crippen LogP contribution in [0.15, 0.2) is 71.4 Å². The SMILES string of the molecule is C=C(C)COc1c(/C=C2\N=C(c3ccccc3)OC2=O)cccc1OC. The van der Waals surface area contributed by atoms with Crippen molar-refractivity contribution >= 4 is 17.9 Å². The van der Waals surface area contributed by atoms with E-state index in [0.717, 1.165) is 11.1 Å². The van der Waals surface area contributed by atoms with E-state index in [2.05, 4.69) is 11.6 Å². The van der Waals surface area contributed by atoms with E-state index in [4.69, 9.17) is 14.2 Å². The maximum Gasteiger partial charge on any atom is 0.363 e. The van der Waals surface area contributed by atoms with E-state index in [0.29, 0.717) is 23.7 Å². The minimum Gasteiger partial charge on any atom is -0.493 e. The average Bonchev–Trinajstić information content (AvgIpc) is 3.01. The zero-order chi connectivity index (χ0) is 18.5. The lowest BCUT2D eigenvalue weighted by Gasteiger charge is -2.13. The monoisotopic (exact) mass is 349 g/mol. The lowest BCUT2D eigenvalue weighted by atomic mass is 10.1. The van der Waals surface area contributed by atoms with Gasteiger partial charge in [0.25, 0.3) is 0 Å². The molecule has 2 aromatic carbocycles. The van der Waals surface area contributed by atoms with E-state index in [1.54, 1.807) is 19.3 Å². The van der Waals surface area contributed by atoms with Crippen LogP contribution in [0, 0.1) is 0 Å². The molecule has 0 saturated heterocycles. The van der Waals surface area contributed by atoms with E-state index < -0.39 is 5.97 Å². The number of hydrogen-bond donors (Lipinski definition) is 0. The first-order valence-corrected chi connectivity index (χ1v) is 8.10. The number of methoxy groups -OCH3 is 1. The quantitative estimate of drug-likeness (QED) is 0.449. The molecule has 2 aromatic rings. The molecule has 0 N–H and O–H groups in total. The molecule has 0 fully saturated rings. The van der Waals surface area contributed by atoms with Gasteiger partial charge < -0.3 is 14.2 Å². The molecule has 0 unspecified atom stereocenters. The Hall–Kier alpha value is -3.34. The number of esters is 1. The summed E-state index contributed by atoms with van der Waals surface area (Å²) in [5, 5.41) is 0. The molecule has 0 saturated carbocycles. The van der Waals surface area contributed by atoms with Crippen LogP contribution in [0.3, 0.4) is 0 Å². The van der Waals surface area contributed by atoms with Crippen LogP contribution in [0.5, 0.6) is 11.5 Å². The second kappa shape index (κ2) is 7.70. The fourth-order valence-corrected chi connectivity index (χ4v) is 2.42. The van der Waals surface area contributed by atoms with Gasteiger partial charge in [-0.25, -0.2) is 9.79 Å². The van der Waals surface area contributed by atoms with E-state index >= 15 is 0 Å². The third-order valence-corrected chi connectivity index (χ3v) is 3.63. The Bertz CT molecular complexity index is 897. The number of aliphatic imine (C=N–C) groups is 1. The van der Waals surface area contributed by atoms with Crippen LogP contribution in [-0.4, -0.2) is 25.6 Å². The highest BCUT2D eigenvalue weighted by Crippen LogP contribution is 2.33. The first kappa shape index (κ1) is 17.5. The number of ether oxygens (including phenoxy) is 3. The molecule has 1 aliphatic heterocycles. The molecule has 0 atom stereocenters. The van der Waals surface area contributed by atoms with Crippen LogP contribution in [0.4, 0.5) is 0 Å². The van der Waals surface area contributed by atoms with Crippen molar-refractivity contribution in [2.24, 2.45) is 4.99 Å². The molecule has 1 aliphatic rings. The van der Waals surface area contributed by atoms with Gasteiger partial charge in [0.15, 0.2) is 17.2 Å². The second-order valence-corrected chi connectivity index (χ2v) is 5.83. The van der Waals surface area contributed by atoms with Gasteiger partial charge in [-0.05, 0) is 36.8 Å². The van der Waals surface area contributed by atoms with Gasteiger partial charge >= 0.3 is 5.97 Å². The molecule has 0 aliphatic carbocycles. The van der Waals surface area contributed by atoms with E-state index in [9.17, 15) is 4.79 Å². The van der Waals surface area contributed by atoms with Crippen molar-refractivity contribution in [2.75, 3.05) is 13.7 Å². The van der Waals surface area contributed by atoms with Gasteiger partial charge in [-0.3, -0.25) is 0 Å². The summed E-state index contributed by atoms with van der Waals surface area (Å²) in [7, 11) is 1.56. The first-order valence-electron chi connectivity index (χ1n) is 8.10. The number of carbonyl (C=O) groups excluding carboxylic acids is 1. The highest BCUT2D eigenvalue weighted by Gasteiger charge is 2.24. The fraction of sp³-hybridized carbons (Fsp3) is 0.143. The van der Waals surface area contributed by atoms with Crippen LogP contribution in [0.1, 0.15) is 18.1 Å². The molecule has 132 valence electrons. The Morgan fingerprint density at radius 1 is 1.19 bits per heavy atom. The summed E-state index contributed by atoms with van der Waals surface area (Å²) >= 11 is 0.